The van der Waals surface area contributed by atoms with Crippen LogP contribution in [0.25, 0.3) is 11.8 Å². The number of methoxy groups -OCH3 is 2. The standard InChI is InChI=1S/C30H25BrN2O5S/c1-4-38-29(35)25-26(19-8-6-5-7-9-19)32-30-33(27(25)20-11-13-21(36-2)14-12-20)28(34)24(39-30)17-18-10-15-23(37-3)22(31)16-18/h5-17,27H,4H2,1-3H3/b24-17-/t27-/m1/s1. The lowest BCUT2D eigenvalue weighted by atomic mass is 9.93. The van der Waals surface area contributed by atoms with Gasteiger partial charge in [0.1, 0.15) is 11.5 Å². The molecule has 0 N–H and O–H groups in total. The van der Waals surface area contributed by atoms with Gasteiger partial charge in [0.25, 0.3) is 5.56 Å². The molecule has 7 nitrogen and oxygen atoms in total. The van der Waals surface area contributed by atoms with Crippen LogP contribution in [0.15, 0.2) is 92.6 Å². The molecule has 0 fully saturated rings. The van der Waals surface area contributed by atoms with Crippen LogP contribution in [-0.2, 0) is 9.53 Å². The molecule has 4 aromatic rings. The van der Waals surface area contributed by atoms with Crippen molar-refractivity contribution in [2.75, 3.05) is 20.8 Å². The topological polar surface area (TPSA) is 79.1 Å². The van der Waals surface area contributed by atoms with Crippen LogP contribution >= 0.6 is 27.3 Å². The van der Waals surface area contributed by atoms with E-state index in [0.29, 0.717) is 32.1 Å². The van der Waals surface area contributed by atoms with Crippen LogP contribution in [0.1, 0.15) is 29.7 Å². The zero-order chi connectivity index (χ0) is 27.5. The number of carbonyl (C=O) groups excluding carboxylic acids is 1. The Morgan fingerprint density at radius 1 is 1.05 bits per heavy atom. The van der Waals surface area contributed by atoms with Gasteiger partial charge in [-0.15, -0.1) is 0 Å². The average molecular weight is 606 g/mol. The Morgan fingerprint density at radius 3 is 2.44 bits per heavy atom. The summed E-state index contributed by atoms with van der Waals surface area (Å²) in [5, 5.41) is 0. The number of benzene rings is 3. The second kappa shape index (κ2) is 11.4. The van der Waals surface area contributed by atoms with E-state index in [-0.39, 0.29) is 12.2 Å². The highest BCUT2D eigenvalue weighted by atomic mass is 79.9. The Balaban J connectivity index is 1.79. The van der Waals surface area contributed by atoms with Gasteiger partial charge in [0.05, 0.1) is 47.1 Å². The molecule has 0 unspecified atom stereocenters. The molecule has 0 saturated heterocycles. The van der Waals surface area contributed by atoms with Crippen molar-refractivity contribution in [1.29, 1.82) is 0 Å². The van der Waals surface area contributed by atoms with Crippen molar-refractivity contribution in [3.63, 3.8) is 0 Å². The highest BCUT2D eigenvalue weighted by Gasteiger charge is 2.35. The molecular weight excluding hydrogens is 580 g/mol. The molecule has 39 heavy (non-hydrogen) atoms. The molecule has 5 rings (SSSR count). The van der Waals surface area contributed by atoms with Crippen LogP contribution in [0.2, 0.25) is 0 Å². The van der Waals surface area contributed by atoms with Crippen molar-refractivity contribution >= 4 is 45.0 Å². The molecule has 0 spiro atoms. The zero-order valence-corrected chi connectivity index (χ0v) is 23.9. The number of hydrogen-bond acceptors (Lipinski definition) is 7. The molecular formula is C30H25BrN2O5S. The van der Waals surface area contributed by atoms with Gasteiger partial charge in [-0.25, -0.2) is 9.79 Å². The summed E-state index contributed by atoms with van der Waals surface area (Å²) < 4.78 is 19.0. The summed E-state index contributed by atoms with van der Waals surface area (Å²) in [4.78, 5) is 32.8. The van der Waals surface area contributed by atoms with E-state index in [0.717, 1.165) is 21.2 Å². The molecule has 2 heterocycles. The third kappa shape index (κ3) is 5.20. The maximum Gasteiger partial charge on any atom is 0.338 e. The summed E-state index contributed by atoms with van der Waals surface area (Å²) in [5.41, 5.74) is 2.86. The quantitative estimate of drug-likeness (QED) is 0.285. The number of halogens is 1. The first-order valence-corrected chi connectivity index (χ1v) is 13.8. The molecule has 1 aliphatic rings. The highest BCUT2D eigenvalue weighted by Crippen LogP contribution is 2.35. The van der Waals surface area contributed by atoms with E-state index in [4.69, 9.17) is 19.2 Å². The summed E-state index contributed by atoms with van der Waals surface area (Å²) >= 11 is 4.78. The Morgan fingerprint density at radius 2 is 1.79 bits per heavy atom. The van der Waals surface area contributed by atoms with E-state index in [1.807, 2.05) is 78.9 Å². The minimum absolute atomic E-state index is 0.191. The lowest BCUT2D eigenvalue weighted by Crippen LogP contribution is -2.40. The second-order valence-electron chi connectivity index (χ2n) is 8.60. The van der Waals surface area contributed by atoms with Crippen molar-refractivity contribution in [3.8, 4) is 11.5 Å². The summed E-state index contributed by atoms with van der Waals surface area (Å²) in [5.74, 6) is 0.843. The number of ether oxygens (including phenoxy) is 3. The minimum Gasteiger partial charge on any atom is -0.497 e. The summed E-state index contributed by atoms with van der Waals surface area (Å²) in [6.45, 7) is 1.95. The van der Waals surface area contributed by atoms with Gasteiger partial charge in [-0.05, 0) is 64.3 Å². The van der Waals surface area contributed by atoms with Crippen LogP contribution < -0.4 is 24.4 Å². The van der Waals surface area contributed by atoms with Gasteiger partial charge in [0, 0.05) is 5.56 Å². The SMILES string of the molecule is CCOC(=O)C1=C(c2ccccc2)N=c2s/c(=C\c3ccc(OC)c(Br)c3)c(=O)n2[C@@H]1c1ccc(OC)cc1. The summed E-state index contributed by atoms with van der Waals surface area (Å²) in [6, 6.07) is 21.7. The molecule has 1 aromatic heterocycles. The van der Waals surface area contributed by atoms with Crippen LogP contribution in [0.3, 0.4) is 0 Å². The average Bonchev–Trinajstić information content (AvgIpc) is 3.27. The Bertz CT molecular complexity index is 1740. The van der Waals surface area contributed by atoms with Crippen LogP contribution in [0, 0.1) is 0 Å². The van der Waals surface area contributed by atoms with Crippen molar-refractivity contribution in [2.45, 2.75) is 13.0 Å². The van der Waals surface area contributed by atoms with Gasteiger partial charge in [0.2, 0.25) is 0 Å². The normalized spacial score (nSPS) is 15.0. The van der Waals surface area contributed by atoms with E-state index >= 15 is 0 Å². The van der Waals surface area contributed by atoms with E-state index in [2.05, 4.69) is 15.9 Å². The lowest BCUT2D eigenvalue weighted by molar-refractivity contribution is -0.138. The number of aromatic nitrogens is 1. The van der Waals surface area contributed by atoms with Crippen molar-refractivity contribution in [1.82, 2.24) is 4.57 Å². The molecule has 0 amide bonds. The predicted octanol–water partition coefficient (Wildman–Crippen LogP) is 4.72. The number of fused-ring (bicyclic) bond motifs is 1. The maximum absolute atomic E-state index is 13.9. The van der Waals surface area contributed by atoms with Crippen LogP contribution in [0.4, 0.5) is 0 Å². The largest absolute Gasteiger partial charge is 0.497 e. The summed E-state index contributed by atoms with van der Waals surface area (Å²) in [6.07, 6.45) is 1.81. The fourth-order valence-corrected chi connectivity index (χ4v) is 6.03. The van der Waals surface area contributed by atoms with Gasteiger partial charge >= 0.3 is 5.97 Å². The van der Waals surface area contributed by atoms with Gasteiger partial charge < -0.3 is 14.2 Å². The molecule has 0 bridgehead atoms. The van der Waals surface area contributed by atoms with E-state index in [1.165, 1.54) is 11.3 Å². The molecule has 0 saturated carbocycles. The number of rotatable bonds is 7. The van der Waals surface area contributed by atoms with E-state index in [9.17, 15) is 9.59 Å². The minimum atomic E-state index is -0.744. The summed E-state index contributed by atoms with van der Waals surface area (Å²) in [7, 11) is 3.19. The maximum atomic E-state index is 13.9. The third-order valence-corrected chi connectivity index (χ3v) is 7.88. The van der Waals surface area contributed by atoms with Crippen molar-refractivity contribution in [2.24, 2.45) is 4.99 Å². The Kier molecular flexibility index (Phi) is 7.81. The molecule has 1 atom stereocenters. The molecule has 198 valence electrons. The Labute approximate surface area is 237 Å². The fraction of sp³-hybridized carbons (Fsp3) is 0.167. The Hall–Kier alpha value is -3.95. The molecule has 9 heteroatoms. The number of carbonyl (C=O) groups is 1. The van der Waals surface area contributed by atoms with Gasteiger partial charge in [-0.3, -0.25) is 9.36 Å². The second-order valence-corrected chi connectivity index (χ2v) is 10.5. The number of esters is 1. The van der Waals surface area contributed by atoms with Gasteiger partial charge in [-0.1, -0.05) is 59.9 Å². The highest BCUT2D eigenvalue weighted by molar-refractivity contribution is 9.10. The number of hydrogen-bond donors (Lipinski definition) is 0. The van der Waals surface area contributed by atoms with E-state index in [1.54, 1.807) is 25.7 Å². The number of nitrogens with zero attached hydrogens (tertiary/aromatic N) is 2. The van der Waals surface area contributed by atoms with Crippen molar-refractivity contribution in [3.05, 3.63) is 119 Å². The molecule has 0 radical (unpaired) electrons. The zero-order valence-electron chi connectivity index (χ0n) is 21.5. The predicted molar refractivity (Wildman–Crippen MR) is 155 cm³/mol. The first-order chi connectivity index (χ1) is 18.9. The lowest BCUT2D eigenvalue weighted by Gasteiger charge is -2.26. The first kappa shape index (κ1) is 26.6. The van der Waals surface area contributed by atoms with Crippen molar-refractivity contribution < 1.29 is 19.0 Å². The van der Waals surface area contributed by atoms with Gasteiger partial charge in [-0.2, -0.15) is 0 Å². The smallest absolute Gasteiger partial charge is 0.338 e. The third-order valence-electron chi connectivity index (χ3n) is 6.28. The van der Waals surface area contributed by atoms with E-state index < -0.39 is 12.0 Å². The first-order valence-electron chi connectivity index (χ1n) is 12.2. The van der Waals surface area contributed by atoms with Crippen LogP contribution in [-0.4, -0.2) is 31.4 Å². The fourth-order valence-electron chi connectivity index (χ4n) is 4.47. The molecule has 1 aliphatic heterocycles. The molecule has 0 aliphatic carbocycles. The van der Waals surface area contributed by atoms with Gasteiger partial charge in [0.15, 0.2) is 4.80 Å². The number of thiazole rings is 1. The monoisotopic (exact) mass is 604 g/mol. The van der Waals surface area contributed by atoms with Crippen LogP contribution in [0.5, 0.6) is 11.5 Å². The molecule has 3 aromatic carbocycles.